The van der Waals surface area contributed by atoms with Gasteiger partial charge >= 0.3 is 0 Å². The van der Waals surface area contributed by atoms with Crippen LogP contribution < -0.4 is 10.1 Å². The van der Waals surface area contributed by atoms with E-state index in [-0.39, 0.29) is 0 Å². The molecule has 0 fully saturated rings. The van der Waals surface area contributed by atoms with E-state index in [1.165, 1.54) is 5.56 Å². The Kier molecular flexibility index (Phi) is 8.71. The number of thiocarbonyl (C=S) groups is 1. The van der Waals surface area contributed by atoms with E-state index < -0.39 is 0 Å². The summed E-state index contributed by atoms with van der Waals surface area (Å²) in [6, 6.07) is 17.7. The van der Waals surface area contributed by atoms with E-state index in [0.717, 1.165) is 23.2 Å². The molecule has 0 aliphatic rings. The van der Waals surface area contributed by atoms with Gasteiger partial charge in [-0.15, -0.1) is 0 Å². The van der Waals surface area contributed by atoms with E-state index in [2.05, 4.69) is 21.2 Å². The standard InChI is InChI=1S/C15H14BrNOS.C2H6/c16-11-10-12-6-8-14(9-7-12)18-15(19)17-13-4-2-1-3-5-13;1-2/h1-9H,10-11H2,(H,17,19);1-2H3. The highest BCUT2D eigenvalue weighted by atomic mass is 79.9. The molecule has 21 heavy (non-hydrogen) atoms. The molecule has 1 N–H and O–H groups in total. The maximum absolute atomic E-state index is 5.56. The van der Waals surface area contributed by atoms with Gasteiger partial charge in [0.1, 0.15) is 5.75 Å². The summed E-state index contributed by atoms with van der Waals surface area (Å²) in [7, 11) is 0. The Morgan fingerprint density at radius 3 is 2.24 bits per heavy atom. The van der Waals surface area contributed by atoms with Gasteiger partial charge < -0.3 is 10.1 Å². The van der Waals surface area contributed by atoms with E-state index in [0.29, 0.717) is 5.17 Å². The molecule has 2 rings (SSSR count). The molecule has 4 heteroatoms. The number of alkyl halides is 1. The Hall–Kier alpha value is -1.39. The Bertz CT molecular complexity index is 528. The van der Waals surface area contributed by atoms with Crippen LogP contribution >= 0.6 is 28.1 Å². The van der Waals surface area contributed by atoms with Crippen molar-refractivity contribution in [3.63, 3.8) is 0 Å². The quantitative estimate of drug-likeness (QED) is 0.576. The van der Waals surface area contributed by atoms with Crippen LogP contribution in [0.5, 0.6) is 5.75 Å². The fourth-order valence-corrected chi connectivity index (χ4v) is 2.28. The second-order valence-electron chi connectivity index (χ2n) is 3.96. The molecular formula is C17H20BrNOS. The molecule has 0 saturated heterocycles. The van der Waals surface area contributed by atoms with Gasteiger partial charge in [0.2, 0.25) is 0 Å². The normalized spacial score (nSPS) is 9.29. The Labute approximate surface area is 140 Å². The van der Waals surface area contributed by atoms with Gasteiger partial charge in [0.15, 0.2) is 0 Å². The van der Waals surface area contributed by atoms with Crippen molar-refractivity contribution in [1.82, 2.24) is 0 Å². The zero-order valence-electron chi connectivity index (χ0n) is 12.3. The number of nitrogens with one attached hydrogen (secondary N) is 1. The smallest absolute Gasteiger partial charge is 0.266 e. The lowest BCUT2D eigenvalue weighted by Crippen LogP contribution is -2.16. The minimum Gasteiger partial charge on any atom is -0.432 e. The Balaban J connectivity index is 0.00000106. The third-order valence-corrected chi connectivity index (χ3v) is 3.12. The lowest BCUT2D eigenvalue weighted by Gasteiger charge is -2.09. The number of hydrogen-bond donors (Lipinski definition) is 1. The summed E-state index contributed by atoms with van der Waals surface area (Å²) < 4.78 is 5.56. The summed E-state index contributed by atoms with van der Waals surface area (Å²) in [5.41, 5.74) is 2.19. The predicted octanol–water partition coefficient (Wildman–Crippen LogP) is 5.43. The molecule has 0 aliphatic carbocycles. The minimum absolute atomic E-state index is 0.347. The maximum Gasteiger partial charge on any atom is 0.266 e. The van der Waals surface area contributed by atoms with E-state index in [9.17, 15) is 0 Å². The summed E-state index contributed by atoms with van der Waals surface area (Å²) >= 11 is 8.58. The van der Waals surface area contributed by atoms with Crippen LogP contribution in [0.1, 0.15) is 19.4 Å². The van der Waals surface area contributed by atoms with Crippen LogP contribution in [0.15, 0.2) is 54.6 Å². The van der Waals surface area contributed by atoms with Crippen molar-refractivity contribution in [2.45, 2.75) is 20.3 Å². The van der Waals surface area contributed by atoms with Crippen LogP contribution in [0.3, 0.4) is 0 Å². The molecule has 0 amide bonds. The van der Waals surface area contributed by atoms with Crippen LogP contribution in [0.4, 0.5) is 5.69 Å². The van der Waals surface area contributed by atoms with Crippen LogP contribution in [0.25, 0.3) is 0 Å². The first-order valence-electron chi connectivity index (χ1n) is 6.97. The first-order chi connectivity index (χ1) is 10.3. The third kappa shape index (κ3) is 6.74. The van der Waals surface area contributed by atoms with E-state index in [4.69, 9.17) is 17.0 Å². The average molecular weight is 366 g/mol. The van der Waals surface area contributed by atoms with E-state index >= 15 is 0 Å². The summed E-state index contributed by atoms with van der Waals surface area (Å²) in [6.07, 6.45) is 1.01. The van der Waals surface area contributed by atoms with Gasteiger partial charge in [0.05, 0.1) is 0 Å². The van der Waals surface area contributed by atoms with E-state index in [1.807, 2.05) is 68.4 Å². The molecule has 2 aromatic rings. The molecule has 0 aliphatic heterocycles. The topological polar surface area (TPSA) is 21.3 Å². The van der Waals surface area contributed by atoms with Crippen molar-refractivity contribution in [3.05, 3.63) is 60.2 Å². The highest BCUT2D eigenvalue weighted by Gasteiger charge is 2.01. The minimum atomic E-state index is 0.347. The third-order valence-electron chi connectivity index (χ3n) is 2.54. The van der Waals surface area contributed by atoms with Gasteiger partial charge in [0.25, 0.3) is 5.17 Å². The monoisotopic (exact) mass is 365 g/mol. The summed E-state index contributed by atoms with van der Waals surface area (Å²) in [5.74, 6) is 0.742. The summed E-state index contributed by atoms with van der Waals surface area (Å²) in [6.45, 7) is 4.00. The van der Waals surface area contributed by atoms with Crippen molar-refractivity contribution in [2.24, 2.45) is 0 Å². The fourth-order valence-electron chi connectivity index (χ4n) is 1.61. The maximum atomic E-state index is 5.56. The van der Waals surface area contributed by atoms with Crippen molar-refractivity contribution in [1.29, 1.82) is 0 Å². The number of aryl methyl sites for hydroxylation is 1. The molecule has 0 bridgehead atoms. The van der Waals surface area contributed by atoms with Crippen molar-refractivity contribution in [3.8, 4) is 5.75 Å². The predicted molar refractivity (Wildman–Crippen MR) is 98.6 cm³/mol. The molecule has 112 valence electrons. The van der Waals surface area contributed by atoms with Gasteiger partial charge in [-0.2, -0.15) is 0 Å². The average Bonchev–Trinajstić information content (AvgIpc) is 2.52. The second-order valence-corrected chi connectivity index (χ2v) is 5.13. The summed E-state index contributed by atoms with van der Waals surface area (Å²) in [4.78, 5) is 0. The summed E-state index contributed by atoms with van der Waals surface area (Å²) in [5, 5.41) is 4.34. The molecule has 0 saturated carbocycles. The molecule has 2 nitrogen and oxygen atoms in total. The molecule has 0 heterocycles. The first kappa shape index (κ1) is 17.7. The molecule has 0 unspecified atom stereocenters. The molecular weight excluding hydrogens is 346 g/mol. The second kappa shape index (κ2) is 10.4. The van der Waals surface area contributed by atoms with Gasteiger partial charge in [0, 0.05) is 11.0 Å². The Morgan fingerprint density at radius 1 is 1.05 bits per heavy atom. The molecule has 0 atom stereocenters. The SMILES string of the molecule is CC.S=C(Nc1ccccc1)Oc1ccc(CCBr)cc1. The fraction of sp³-hybridized carbons (Fsp3) is 0.235. The van der Waals surface area contributed by atoms with Crippen LogP contribution in [-0.2, 0) is 6.42 Å². The van der Waals surface area contributed by atoms with Crippen LogP contribution in [0, 0.1) is 0 Å². The number of para-hydroxylation sites is 1. The van der Waals surface area contributed by atoms with Crippen LogP contribution in [0.2, 0.25) is 0 Å². The number of halogens is 1. The van der Waals surface area contributed by atoms with Crippen molar-refractivity contribution < 1.29 is 4.74 Å². The molecule has 0 aromatic heterocycles. The van der Waals surface area contributed by atoms with Crippen LogP contribution in [-0.4, -0.2) is 10.5 Å². The lowest BCUT2D eigenvalue weighted by atomic mass is 10.2. The van der Waals surface area contributed by atoms with Gasteiger partial charge in [-0.05, 0) is 48.5 Å². The molecule has 0 spiro atoms. The number of rotatable bonds is 4. The largest absolute Gasteiger partial charge is 0.432 e. The zero-order valence-corrected chi connectivity index (χ0v) is 14.7. The number of hydrogen-bond acceptors (Lipinski definition) is 2. The molecule has 0 radical (unpaired) electrons. The number of ether oxygens (including phenoxy) is 1. The van der Waals surface area contributed by atoms with Crippen molar-refractivity contribution >= 4 is 39.0 Å². The van der Waals surface area contributed by atoms with Gasteiger partial charge in [-0.1, -0.05) is 60.1 Å². The van der Waals surface area contributed by atoms with Gasteiger partial charge in [-0.3, -0.25) is 0 Å². The first-order valence-corrected chi connectivity index (χ1v) is 8.49. The number of benzene rings is 2. The highest BCUT2D eigenvalue weighted by molar-refractivity contribution is 9.09. The van der Waals surface area contributed by atoms with E-state index in [1.54, 1.807) is 0 Å². The zero-order chi connectivity index (χ0) is 15.5. The van der Waals surface area contributed by atoms with Crippen molar-refractivity contribution in [2.75, 3.05) is 10.6 Å². The molecule has 2 aromatic carbocycles. The van der Waals surface area contributed by atoms with Gasteiger partial charge in [-0.25, -0.2) is 0 Å². The Morgan fingerprint density at radius 2 is 1.67 bits per heavy atom. The lowest BCUT2D eigenvalue weighted by molar-refractivity contribution is 0.563. The number of anilines is 1. The highest BCUT2D eigenvalue weighted by Crippen LogP contribution is 2.14.